The summed E-state index contributed by atoms with van der Waals surface area (Å²) in [5, 5.41) is 0.587. The van der Waals surface area contributed by atoms with Gasteiger partial charge in [0.05, 0.1) is 29.0 Å². The quantitative estimate of drug-likeness (QED) is 0.504. The number of aryl methyl sites for hydroxylation is 1. The minimum Gasteiger partial charge on any atom is -0.336 e. The number of hydrogen-bond acceptors (Lipinski definition) is 5. The Morgan fingerprint density at radius 1 is 1.07 bits per heavy atom. The summed E-state index contributed by atoms with van der Waals surface area (Å²) < 4.78 is 13.9. The van der Waals surface area contributed by atoms with Crippen LogP contribution in [-0.2, 0) is 13.0 Å². The summed E-state index contributed by atoms with van der Waals surface area (Å²) in [6.45, 7) is 2.33. The van der Waals surface area contributed by atoms with Crippen molar-refractivity contribution < 1.29 is 9.18 Å². The van der Waals surface area contributed by atoms with Crippen LogP contribution in [0.4, 0.5) is 4.39 Å². The van der Waals surface area contributed by atoms with Crippen molar-refractivity contribution in [2.24, 2.45) is 0 Å². The minimum atomic E-state index is -0.412. The molecule has 0 atom stereocenters. The maximum absolute atomic E-state index is 13.9. The zero-order chi connectivity index (χ0) is 21.1. The fourth-order valence-corrected chi connectivity index (χ4v) is 3.21. The maximum Gasteiger partial charge on any atom is 0.254 e. The molecule has 4 aromatic rings. The van der Waals surface area contributed by atoms with Crippen molar-refractivity contribution in [3.63, 3.8) is 0 Å². The molecule has 0 spiro atoms. The first kappa shape index (κ1) is 19.6. The lowest BCUT2D eigenvalue weighted by molar-refractivity contribution is 0.0785. The molecular formula is C23H20FN5O. The van der Waals surface area contributed by atoms with Crippen LogP contribution in [0.1, 0.15) is 28.8 Å². The Kier molecular flexibility index (Phi) is 5.43. The summed E-state index contributed by atoms with van der Waals surface area (Å²) in [5.74, 6) is 0.106. The normalized spacial score (nSPS) is 10.9. The maximum atomic E-state index is 13.9. The Morgan fingerprint density at radius 3 is 2.57 bits per heavy atom. The molecule has 0 N–H and O–H groups in total. The van der Waals surface area contributed by atoms with Crippen LogP contribution in [-0.4, -0.2) is 37.8 Å². The number of carbonyl (C=O) groups is 1. The monoisotopic (exact) mass is 401 g/mol. The van der Waals surface area contributed by atoms with Crippen LogP contribution in [0.15, 0.2) is 61.1 Å². The highest BCUT2D eigenvalue weighted by atomic mass is 19.1. The number of carbonyl (C=O) groups excluding carboxylic acids is 1. The smallest absolute Gasteiger partial charge is 0.254 e. The first-order valence-corrected chi connectivity index (χ1v) is 9.62. The first-order valence-electron chi connectivity index (χ1n) is 9.62. The fraction of sp³-hybridized carbons (Fsp3) is 0.174. The van der Waals surface area contributed by atoms with Gasteiger partial charge >= 0.3 is 0 Å². The standard InChI is InChI=1S/C23H20FN5O/c1-3-22-26-12-15(13-27-22)20-11-19(18-8-7-16(24)10-21(18)28-20)23(30)29(2)14-17-6-4-5-9-25-17/h4-13H,3,14H2,1-2H3. The minimum absolute atomic E-state index is 0.202. The highest BCUT2D eigenvalue weighted by Gasteiger charge is 2.19. The molecule has 0 aliphatic heterocycles. The van der Waals surface area contributed by atoms with Gasteiger partial charge in [-0.3, -0.25) is 9.78 Å². The van der Waals surface area contributed by atoms with Crippen LogP contribution in [0, 0.1) is 5.82 Å². The van der Waals surface area contributed by atoms with Crippen LogP contribution >= 0.6 is 0 Å². The molecule has 0 bridgehead atoms. The highest BCUT2D eigenvalue weighted by Crippen LogP contribution is 2.26. The van der Waals surface area contributed by atoms with E-state index in [0.29, 0.717) is 34.3 Å². The van der Waals surface area contributed by atoms with Gasteiger partial charge in [-0.1, -0.05) is 13.0 Å². The number of fused-ring (bicyclic) bond motifs is 1. The van der Waals surface area contributed by atoms with E-state index in [1.165, 1.54) is 12.1 Å². The molecule has 3 heterocycles. The molecule has 0 saturated heterocycles. The van der Waals surface area contributed by atoms with E-state index in [-0.39, 0.29) is 5.91 Å². The van der Waals surface area contributed by atoms with Crippen molar-refractivity contribution in [3.8, 4) is 11.3 Å². The predicted octanol–water partition coefficient (Wildman–Crippen LogP) is 4.06. The summed E-state index contributed by atoms with van der Waals surface area (Å²) in [5.41, 5.74) is 2.81. The van der Waals surface area contributed by atoms with Gasteiger partial charge in [-0.25, -0.2) is 19.3 Å². The van der Waals surface area contributed by atoms with Gasteiger partial charge in [-0.15, -0.1) is 0 Å². The molecule has 3 aromatic heterocycles. The largest absolute Gasteiger partial charge is 0.336 e. The highest BCUT2D eigenvalue weighted by molar-refractivity contribution is 6.07. The number of aromatic nitrogens is 4. The molecule has 7 heteroatoms. The Bertz CT molecular complexity index is 1200. The van der Waals surface area contributed by atoms with E-state index in [4.69, 9.17) is 0 Å². The molecular weight excluding hydrogens is 381 g/mol. The van der Waals surface area contributed by atoms with Crippen molar-refractivity contribution in [2.75, 3.05) is 7.05 Å². The van der Waals surface area contributed by atoms with E-state index in [0.717, 1.165) is 17.9 Å². The second-order valence-corrected chi connectivity index (χ2v) is 6.94. The molecule has 0 radical (unpaired) electrons. The van der Waals surface area contributed by atoms with Gasteiger partial charge in [0.2, 0.25) is 0 Å². The lowest BCUT2D eigenvalue weighted by Gasteiger charge is -2.18. The van der Waals surface area contributed by atoms with Crippen LogP contribution in [0.5, 0.6) is 0 Å². The number of pyridine rings is 2. The van der Waals surface area contributed by atoms with Crippen LogP contribution in [0.2, 0.25) is 0 Å². The number of halogens is 1. The average molecular weight is 401 g/mol. The first-order chi connectivity index (χ1) is 14.5. The SMILES string of the molecule is CCc1ncc(-c2cc(C(=O)N(C)Cc3ccccn3)c3ccc(F)cc3n2)cn1. The van der Waals surface area contributed by atoms with Crippen molar-refractivity contribution in [1.29, 1.82) is 0 Å². The van der Waals surface area contributed by atoms with Gasteiger partial charge in [0.25, 0.3) is 5.91 Å². The number of nitrogens with zero attached hydrogens (tertiary/aromatic N) is 5. The lowest BCUT2D eigenvalue weighted by atomic mass is 10.0. The van der Waals surface area contributed by atoms with Crippen molar-refractivity contribution in [2.45, 2.75) is 19.9 Å². The van der Waals surface area contributed by atoms with Gasteiger partial charge in [0, 0.05) is 49.1 Å². The van der Waals surface area contributed by atoms with E-state index in [9.17, 15) is 9.18 Å². The molecule has 0 unspecified atom stereocenters. The molecule has 30 heavy (non-hydrogen) atoms. The number of hydrogen-bond donors (Lipinski definition) is 0. The summed E-state index contributed by atoms with van der Waals surface area (Å²) in [6, 6.07) is 11.5. The van der Waals surface area contributed by atoms with E-state index < -0.39 is 5.82 Å². The lowest BCUT2D eigenvalue weighted by Crippen LogP contribution is -2.27. The van der Waals surface area contributed by atoms with Gasteiger partial charge in [0.15, 0.2) is 0 Å². The molecule has 150 valence electrons. The van der Waals surface area contributed by atoms with Crippen LogP contribution in [0.3, 0.4) is 0 Å². The summed E-state index contributed by atoms with van der Waals surface area (Å²) in [6.07, 6.45) is 5.76. The van der Waals surface area contributed by atoms with E-state index in [2.05, 4.69) is 19.9 Å². The Morgan fingerprint density at radius 2 is 1.87 bits per heavy atom. The zero-order valence-electron chi connectivity index (χ0n) is 16.7. The van der Waals surface area contributed by atoms with Gasteiger partial charge in [0.1, 0.15) is 11.6 Å². The Balaban J connectivity index is 1.77. The number of amides is 1. The molecule has 1 amide bonds. The number of rotatable bonds is 5. The van der Waals surface area contributed by atoms with Crippen molar-refractivity contribution in [1.82, 2.24) is 24.8 Å². The molecule has 0 aliphatic rings. The van der Waals surface area contributed by atoms with E-state index in [1.54, 1.807) is 42.7 Å². The molecule has 0 aliphatic carbocycles. The Hall–Kier alpha value is -3.74. The van der Waals surface area contributed by atoms with Gasteiger partial charge in [-0.05, 0) is 30.3 Å². The summed E-state index contributed by atoms with van der Waals surface area (Å²) >= 11 is 0. The fourth-order valence-electron chi connectivity index (χ4n) is 3.21. The Labute approximate surface area is 173 Å². The third kappa shape index (κ3) is 4.00. The summed E-state index contributed by atoms with van der Waals surface area (Å²) in [4.78, 5) is 32.3. The van der Waals surface area contributed by atoms with Gasteiger partial charge < -0.3 is 4.90 Å². The van der Waals surface area contributed by atoms with Crippen molar-refractivity contribution in [3.05, 3.63) is 84.0 Å². The zero-order valence-corrected chi connectivity index (χ0v) is 16.7. The molecule has 0 fully saturated rings. The van der Waals surface area contributed by atoms with E-state index in [1.807, 2.05) is 25.1 Å². The van der Waals surface area contributed by atoms with Crippen LogP contribution < -0.4 is 0 Å². The molecule has 0 saturated carbocycles. The van der Waals surface area contributed by atoms with Gasteiger partial charge in [-0.2, -0.15) is 0 Å². The van der Waals surface area contributed by atoms with E-state index >= 15 is 0 Å². The average Bonchev–Trinajstić information content (AvgIpc) is 2.78. The third-order valence-corrected chi connectivity index (χ3v) is 4.79. The number of benzene rings is 1. The summed E-state index contributed by atoms with van der Waals surface area (Å²) in [7, 11) is 1.71. The second kappa shape index (κ2) is 8.32. The second-order valence-electron chi connectivity index (χ2n) is 6.94. The molecule has 6 nitrogen and oxygen atoms in total. The molecule has 1 aromatic carbocycles. The molecule has 4 rings (SSSR count). The third-order valence-electron chi connectivity index (χ3n) is 4.79. The van der Waals surface area contributed by atoms with Crippen LogP contribution in [0.25, 0.3) is 22.2 Å². The predicted molar refractivity (Wildman–Crippen MR) is 112 cm³/mol. The van der Waals surface area contributed by atoms with Crippen molar-refractivity contribution >= 4 is 16.8 Å². The topological polar surface area (TPSA) is 71.9 Å².